The topological polar surface area (TPSA) is 102 Å². The highest BCUT2D eigenvalue weighted by atomic mass is 32.1. The first-order chi connectivity index (χ1) is 13.5. The molecule has 1 amide bonds. The molecule has 138 valence electrons. The van der Waals surface area contributed by atoms with Crippen molar-refractivity contribution in [3.8, 4) is 11.1 Å². The van der Waals surface area contributed by atoms with Crippen LogP contribution in [0.15, 0.2) is 55.0 Å². The Bertz CT molecular complexity index is 1220. The van der Waals surface area contributed by atoms with E-state index in [1.165, 1.54) is 17.4 Å². The van der Waals surface area contributed by atoms with E-state index in [9.17, 15) is 9.59 Å². The summed E-state index contributed by atoms with van der Waals surface area (Å²) in [5.41, 5.74) is 9.16. The minimum absolute atomic E-state index is 0.0808. The Morgan fingerprint density at radius 3 is 2.57 bits per heavy atom. The van der Waals surface area contributed by atoms with Gasteiger partial charge in [-0.15, -0.1) is 11.3 Å². The second-order valence-electron chi connectivity index (χ2n) is 6.28. The van der Waals surface area contributed by atoms with Gasteiger partial charge in [-0.2, -0.15) is 0 Å². The summed E-state index contributed by atoms with van der Waals surface area (Å²) < 4.78 is 0. The van der Waals surface area contributed by atoms with Crippen LogP contribution in [0.2, 0.25) is 0 Å². The Kier molecular flexibility index (Phi) is 4.58. The number of nitrogens with one attached hydrogen (secondary N) is 1. The van der Waals surface area contributed by atoms with Gasteiger partial charge in [0.1, 0.15) is 5.65 Å². The molecule has 28 heavy (non-hydrogen) atoms. The van der Waals surface area contributed by atoms with Crippen LogP contribution < -0.4 is 5.73 Å². The van der Waals surface area contributed by atoms with E-state index in [0.29, 0.717) is 10.6 Å². The van der Waals surface area contributed by atoms with Gasteiger partial charge in [0.2, 0.25) is 11.7 Å². The SMILES string of the molecule is Cc1cnc(C(=O)c2ccc(-c3cnc4[nH]cc(C=CC(N)=O)c4c3)cc2)s1. The number of primary amides is 1. The highest BCUT2D eigenvalue weighted by Gasteiger charge is 2.13. The number of carbonyl (C=O) groups excluding carboxylic acids is 2. The highest BCUT2D eigenvalue weighted by molar-refractivity contribution is 7.13. The average Bonchev–Trinajstić information content (AvgIpc) is 3.31. The molecule has 1 aromatic carbocycles. The lowest BCUT2D eigenvalue weighted by Gasteiger charge is -2.04. The van der Waals surface area contributed by atoms with E-state index < -0.39 is 5.91 Å². The largest absolute Gasteiger partial charge is 0.366 e. The van der Waals surface area contributed by atoms with E-state index in [4.69, 9.17) is 5.73 Å². The van der Waals surface area contributed by atoms with Gasteiger partial charge < -0.3 is 10.7 Å². The molecule has 0 fully saturated rings. The average molecular weight is 388 g/mol. The molecule has 3 heterocycles. The number of aromatic amines is 1. The number of aryl methyl sites for hydroxylation is 1. The number of benzene rings is 1. The minimum Gasteiger partial charge on any atom is -0.366 e. The monoisotopic (exact) mass is 388 g/mol. The number of pyridine rings is 1. The van der Waals surface area contributed by atoms with Gasteiger partial charge in [-0.3, -0.25) is 9.59 Å². The zero-order valence-corrected chi connectivity index (χ0v) is 15.8. The van der Waals surface area contributed by atoms with Crippen LogP contribution >= 0.6 is 11.3 Å². The van der Waals surface area contributed by atoms with Crippen molar-refractivity contribution in [2.45, 2.75) is 6.92 Å². The number of hydrogen-bond acceptors (Lipinski definition) is 5. The minimum atomic E-state index is -0.505. The van der Waals surface area contributed by atoms with Crippen molar-refractivity contribution in [3.63, 3.8) is 0 Å². The zero-order valence-electron chi connectivity index (χ0n) is 15.0. The molecule has 0 bridgehead atoms. The number of aromatic nitrogens is 3. The zero-order chi connectivity index (χ0) is 19.7. The van der Waals surface area contributed by atoms with Crippen molar-refractivity contribution < 1.29 is 9.59 Å². The highest BCUT2D eigenvalue weighted by Crippen LogP contribution is 2.26. The molecule has 0 radical (unpaired) electrons. The van der Waals surface area contributed by atoms with E-state index in [1.807, 2.05) is 25.1 Å². The van der Waals surface area contributed by atoms with Gasteiger partial charge in [0.15, 0.2) is 5.01 Å². The molecule has 0 aliphatic carbocycles. The van der Waals surface area contributed by atoms with Crippen LogP contribution in [0, 0.1) is 6.92 Å². The normalized spacial score (nSPS) is 11.3. The second kappa shape index (κ2) is 7.21. The number of ketones is 1. The van der Waals surface area contributed by atoms with Crippen molar-refractivity contribution in [2.24, 2.45) is 5.73 Å². The maximum atomic E-state index is 12.5. The Morgan fingerprint density at radius 1 is 1.11 bits per heavy atom. The molecule has 0 aliphatic heterocycles. The van der Waals surface area contributed by atoms with Gasteiger partial charge in [-0.05, 0) is 24.6 Å². The summed E-state index contributed by atoms with van der Waals surface area (Å²) in [7, 11) is 0. The summed E-state index contributed by atoms with van der Waals surface area (Å²) >= 11 is 1.39. The maximum absolute atomic E-state index is 12.5. The van der Waals surface area contributed by atoms with Crippen molar-refractivity contribution in [1.82, 2.24) is 15.0 Å². The van der Waals surface area contributed by atoms with E-state index >= 15 is 0 Å². The molecule has 3 aromatic heterocycles. The van der Waals surface area contributed by atoms with Crippen LogP contribution in [0.25, 0.3) is 28.2 Å². The first-order valence-electron chi connectivity index (χ1n) is 8.53. The summed E-state index contributed by atoms with van der Waals surface area (Å²) in [6, 6.07) is 9.36. The van der Waals surface area contributed by atoms with Crippen LogP contribution in [0.1, 0.15) is 25.8 Å². The fraction of sp³-hybridized carbons (Fsp3) is 0.0476. The first-order valence-corrected chi connectivity index (χ1v) is 9.35. The van der Waals surface area contributed by atoms with Gasteiger partial charge in [0.05, 0.1) is 0 Å². The van der Waals surface area contributed by atoms with Crippen molar-refractivity contribution in [2.75, 3.05) is 0 Å². The molecule has 3 N–H and O–H groups in total. The molecule has 7 heteroatoms. The van der Waals surface area contributed by atoms with Gasteiger partial charge >= 0.3 is 0 Å². The molecule has 4 rings (SSSR count). The molecular formula is C21H16N4O2S. The Hall–Kier alpha value is -3.58. The molecule has 0 saturated carbocycles. The van der Waals surface area contributed by atoms with E-state index in [2.05, 4.69) is 15.0 Å². The summed E-state index contributed by atoms with van der Waals surface area (Å²) in [6.45, 7) is 1.93. The molecule has 0 saturated heterocycles. The predicted octanol–water partition coefficient (Wildman–Crippen LogP) is 3.72. The lowest BCUT2D eigenvalue weighted by atomic mass is 10.0. The molecular weight excluding hydrogens is 372 g/mol. The smallest absolute Gasteiger partial charge is 0.241 e. The van der Waals surface area contributed by atoms with Crippen molar-refractivity contribution >= 4 is 40.1 Å². The van der Waals surface area contributed by atoms with E-state index in [-0.39, 0.29) is 5.78 Å². The van der Waals surface area contributed by atoms with E-state index in [0.717, 1.165) is 32.6 Å². The van der Waals surface area contributed by atoms with Gasteiger partial charge in [0, 0.05) is 51.6 Å². The quantitative estimate of drug-likeness (QED) is 0.402. The molecule has 6 nitrogen and oxygen atoms in total. The van der Waals surface area contributed by atoms with Crippen LogP contribution in [0.3, 0.4) is 0 Å². The lowest BCUT2D eigenvalue weighted by molar-refractivity contribution is -0.113. The third-order valence-corrected chi connectivity index (χ3v) is 5.20. The molecule has 0 spiro atoms. The Morgan fingerprint density at radius 2 is 1.89 bits per heavy atom. The number of carbonyl (C=O) groups is 2. The predicted molar refractivity (Wildman–Crippen MR) is 110 cm³/mol. The molecule has 0 atom stereocenters. The molecule has 4 aromatic rings. The molecule has 0 aliphatic rings. The second-order valence-corrected chi connectivity index (χ2v) is 7.52. The van der Waals surface area contributed by atoms with Crippen LogP contribution in [0.5, 0.6) is 0 Å². The number of rotatable bonds is 5. The number of nitrogens with zero attached hydrogens (tertiary/aromatic N) is 2. The van der Waals surface area contributed by atoms with E-state index in [1.54, 1.807) is 36.8 Å². The standard InChI is InChI=1S/C21H16N4O2S/c1-12-9-25-21(28-12)19(27)14-4-2-13(3-5-14)16-8-17-15(6-7-18(22)26)10-23-20(17)24-11-16/h2-11H,1H3,(H2,22,26)(H,23,24). The summed E-state index contributed by atoms with van der Waals surface area (Å²) in [5, 5.41) is 1.37. The van der Waals surface area contributed by atoms with Crippen LogP contribution in [-0.4, -0.2) is 26.6 Å². The number of fused-ring (bicyclic) bond motifs is 1. The number of H-pyrrole nitrogens is 1. The maximum Gasteiger partial charge on any atom is 0.241 e. The van der Waals surface area contributed by atoms with Gasteiger partial charge in [-0.25, -0.2) is 9.97 Å². The van der Waals surface area contributed by atoms with Crippen molar-refractivity contribution in [1.29, 1.82) is 0 Å². The Labute approximate surface area is 164 Å². The van der Waals surface area contributed by atoms with Crippen LogP contribution in [0.4, 0.5) is 0 Å². The Balaban J connectivity index is 1.65. The summed E-state index contributed by atoms with van der Waals surface area (Å²) in [5.74, 6) is -0.586. The number of hydrogen-bond donors (Lipinski definition) is 2. The fourth-order valence-corrected chi connectivity index (χ4v) is 3.61. The third-order valence-electron chi connectivity index (χ3n) is 4.29. The lowest BCUT2D eigenvalue weighted by Crippen LogP contribution is -2.04. The van der Waals surface area contributed by atoms with Gasteiger partial charge in [0.25, 0.3) is 0 Å². The number of thiazole rings is 1. The third kappa shape index (κ3) is 3.47. The summed E-state index contributed by atoms with van der Waals surface area (Å²) in [4.78, 5) is 36.2. The van der Waals surface area contributed by atoms with Crippen LogP contribution in [-0.2, 0) is 4.79 Å². The first kappa shape index (κ1) is 17.8. The number of nitrogens with two attached hydrogens (primary N) is 1. The fourth-order valence-electron chi connectivity index (χ4n) is 2.89. The van der Waals surface area contributed by atoms with Gasteiger partial charge in [-0.1, -0.05) is 24.3 Å². The molecule has 0 unspecified atom stereocenters. The van der Waals surface area contributed by atoms with Crippen molar-refractivity contribution in [3.05, 3.63) is 76.0 Å². The summed E-state index contributed by atoms with van der Waals surface area (Å²) in [6.07, 6.45) is 8.22. The number of amides is 1.